The number of ketones is 1. The molecule has 0 aliphatic carbocycles. The Balaban J connectivity index is 2.05. The number of rotatable bonds is 5. The minimum atomic E-state index is -0.105. The van der Waals surface area contributed by atoms with Gasteiger partial charge in [-0.2, -0.15) is 0 Å². The molecule has 6 heteroatoms. The van der Waals surface area contributed by atoms with Crippen LogP contribution in [0.4, 0.5) is 5.69 Å². The molecule has 116 valence electrons. The van der Waals surface area contributed by atoms with Crippen LogP contribution in [0.25, 0.3) is 0 Å². The van der Waals surface area contributed by atoms with E-state index in [4.69, 9.17) is 4.74 Å². The van der Waals surface area contributed by atoms with Crippen molar-refractivity contribution < 1.29 is 14.3 Å². The molecule has 0 saturated carbocycles. The number of Topliss-reactive ketones (excluding diaryl/α,β-unsaturated/α-hetero) is 1. The maximum Gasteiger partial charge on any atom is 0.221 e. The van der Waals surface area contributed by atoms with E-state index in [1.807, 2.05) is 19.9 Å². The van der Waals surface area contributed by atoms with Crippen molar-refractivity contribution in [2.24, 2.45) is 0 Å². The Labute approximate surface area is 133 Å². The van der Waals surface area contributed by atoms with Crippen LogP contribution in [0.1, 0.15) is 39.8 Å². The third-order valence-corrected chi connectivity index (χ3v) is 4.26. The van der Waals surface area contributed by atoms with Gasteiger partial charge in [0.2, 0.25) is 5.91 Å². The van der Waals surface area contributed by atoms with E-state index in [0.717, 1.165) is 22.0 Å². The van der Waals surface area contributed by atoms with E-state index in [1.54, 1.807) is 12.1 Å². The second-order valence-corrected chi connectivity index (χ2v) is 6.11. The number of aryl methyl sites for hydroxylation is 2. The van der Waals surface area contributed by atoms with Crippen LogP contribution in [0.15, 0.2) is 18.2 Å². The average Bonchev–Trinajstić information content (AvgIpc) is 2.80. The van der Waals surface area contributed by atoms with Crippen LogP contribution in [-0.4, -0.2) is 16.7 Å². The zero-order chi connectivity index (χ0) is 16.3. The average molecular weight is 318 g/mol. The third kappa shape index (κ3) is 3.92. The molecule has 1 aromatic carbocycles. The van der Waals surface area contributed by atoms with Gasteiger partial charge in [0, 0.05) is 19.5 Å². The lowest BCUT2D eigenvalue weighted by Crippen LogP contribution is -2.07. The zero-order valence-electron chi connectivity index (χ0n) is 13.0. The number of ether oxygens (including phenoxy) is 1. The van der Waals surface area contributed by atoms with Gasteiger partial charge in [0.1, 0.15) is 17.4 Å². The van der Waals surface area contributed by atoms with Crippen LogP contribution in [0.3, 0.4) is 0 Å². The maximum atomic E-state index is 11.4. The Bertz CT molecular complexity index is 722. The number of thiazole rings is 1. The lowest BCUT2D eigenvalue weighted by Gasteiger charge is -2.09. The number of amides is 1. The van der Waals surface area contributed by atoms with Gasteiger partial charge in [0.05, 0.1) is 10.6 Å². The van der Waals surface area contributed by atoms with Crippen molar-refractivity contribution in [3.63, 3.8) is 0 Å². The molecule has 0 bridgehead atoms. The summed E-state index contributed by atoms with van der Waals surface area (Å²) in [5, 5.41) is 3.52. The largest absolute Gasteiger partial charge is 0.486 e. The first kappa shape index (κ1) is 16.2. The van der Waals surface area contributed by atoms with Gasteiger partial charge in [-0.05, 0) is 37.6 Å². The molecule has 1 heterocycles. The molecule has 2 aromatic rings. The predicted molar refractivity (Wildman–Crippen MR) is 86.7 cm³/mol. The second-order valence-electron chi connectivity index (χ2n) is 5.02. The van der Waals surface area contributed by atoms with Crippen LogP contribution >= 0.6 is 11.3 Å². The highest BCUT2D eigenvalue weighted by Gasteiger charge is 2.12. The number of carbonyl (C=O) groups is 2. The Kier molecular flexibility index (Phi) is 4.92. The second kappa shape index (κ2) is 6.70. The lowest BCUT2D eigenvalue weighted by molar-refractivity contribution is -0.114. The molecule has 0 aliphatic rings. The van der Waals surface area contributed by atoms with Gasteiger partial charge >= 0.3 is 0 Å². The number of carbonyl (C=O) groups excluding carboxylic acids is 2. The van der Waals surface area contributed by atoms with Crippen molar-refractivity contribution in [2.45, 2.75) is 34.3 Å². The molecule has 0 spiro atoms. The van der Waals surface area contributed by atoms with Crippen LogP contribution in [0.2, 0.25) is 0 Å². The molecular weight excluding hydrogens is 300 g/mol. The molecule has 0 atom stereocenters. The molecule has 1 N–H and O–H groups in total. The molecular formula is C16H18N2O3S. The Morgan fingerprint density at radius 2 is 2.00 bits per heavy atom. The van der Waals surface area contributed by atoms with E-state index < -0.39 is 0 Å². The summed E-state index contributed by atoms with van der Waals surface area (Å²) in [6.45, 7) is 7.05. The molecule has 0 fully saturated rings. The standard InChI is InChI=1S/C16H18N2O3S/c1-9-7-13(5-6-14(9)18-12(4)20)21-8-15-17-10(2)16(22-15)11(3)19/h5-7H,8H2,1-4H3,(H,18,20). The fourth-order valence-electron chi connectivity index (χ4n) is 2.04. The highest BCUT2D eigenvalue weighted by molar-refractivity contribution is 7.13. The number of nitrogens with zero attached hydrogens (tertiary/aromatic N) is 1. The number of hydrogen-bond acceptors (Lipinski definition) is 5. The van der Waals surface area contributed by atoms with Gasteiger partial charge in [-0.1, -0.05) is 0 Å². The molecule has 5 nitrogen and oxygen atoms in total. The highest BCUT2D eigenvalue weighted by Crippen LogP contribution is 2.24. The monoisotopic (exact) mass is 318 g/mol. The van der Waals surface area contributed by atoms with Crippen molar-refractivity contribution in [1.29, 1.82) is 0 Å². The fraction of sp³-hybridized carbons (Fsp3) is 0.312. The summed E-state index contributed by atoms with van der Waals surface area (Å²) in [5.41, 5.74) is 2.43. The predicted octanol–water partition coefficient (Wildman–Crippen LogP) is 3.50. The summed E-state index contributed by atoms with van der Waals surface area (Å²) in [6, 6.07) is 5.46. The quantitative estimate of drug-likeness (QED) is 0.857. The summed E-state index contributed by atoms with van der Waals surface area (Å²) in [4.78, 5) is 27.5. The molecule has 22 heavy (non-hydrogen) atoms. The van der Waals surface area contributed by atoms with Crippen LogP contribution in [0, 0.1) is 13.8 Å². The minimum Gasteiger partial charge on any atom is -0.486 e. The minimum absolute atomic E-state index is 0.0248. The molecule has 0 aliphatic heterocycles. The van der Waals surface area contributed by atoms with Gasteiger partial charge in [-0.3, -0.25) is 9.59 Å². The third-order valence-electron chi connectivity index (χ3n) is 3.03. The number of anilines is 1. The van der Waals surface area contributed by atoms with Crippen LogP contribution in [-0.2, 0) is 11.4 Å². The summed E-state index contributed by atoms with van der Waals surface area (Å²) in [6.07, 6.45) is 0. The fourth-order valence-corrected chi connectivity index (χ4v) is 2.91. The SMILES string of the molecule is CC(=O)Nc1ccc(OCc2nc(C)c(C(C)=O)s2)cc1C. The van der Waals surface area contributed by atoms with E-state index in [1.165, 1.54) is 25.2 Å². The van der Waals surface area contributed by atoms with Gasteiger partial charge in [-0.15, -0.1) is 11.3 Å². The Morgan fingerprint density at radius 3 is 2.55 bits per heavy atom. The van der Waals surface area contributed by atoms with E-state index in [0.29, 0.717) is 17.2 Å². The van der Waals surface area contributed by atoms with E-state index in [-0.39, 0.29) is 11.7 Å². The number of nitrogens with one attached hydrogen (secondary N) is 1. The van der Waals surface area contributed by atoms with Gasteiger partial charge in [-0.25, -0.2) is 4.98 Å². The first-order valence-corrected chi connectivity index (χ1v) is 7.66. The van der Waals surface area contributed by atoms with E-state index >= 15 is 0 Å². The smallest absolute Gasteiger partial charge is 0.221 e. The van der Waals surface area contributed by atoms with Crippen LogP contribution < -0.4 is 10.1 Å². The van der Waals surface area contributed by atoms with Crippen molar-refractivity contribution in [3.05, 3.63) is 39.3 Å². The zero-order valence-corrected chi connectivity index (χ0v) is 13.8. The first-order chi connectivity index (χ1) is 10.4. The Hall–Kier alpha value is -2.21. The molecule has 0 radical (unpaired) electrons. The van der Waals surface area contributed by atoms with Crippen molar-refractivity contribution in [1.82, 2.24) is 4.98 Å². The molecule has 0 unspecified atom stereocenters. The molecule has 2 rings (SSSR count). The summed E-state index contributed by atoms with van der Waals surface area (Å²) >= 11 is 1.36. The topological polar surface area (TPSA) is 68.3 Å². The highest BCUT2D eigenvalue weighted by atomic mass is 32.1. The summed E-state index contributed by atoms with van der Waals surface area (Å²) < 4.78 is 5.70. The first-order valence-electron chi connectivity index (χ1n) is 6.85. The summed E-state index contributed by atoms with van der Waals surface area (Å²) in [5.74, 6) is 0.618. The van der Waals surface area contributed by atoms with E-state index in [9.17, 15) is 9.59 Å². The van der Waals surface area contributed by atoms with Crippen molar-refractivity contribution in [2.75, 3.05) is 5.32 Å². The lowest BCUT2D eigenvalue weighted by atomic mass is 10.2. The summed E-state index contributed by atoms with van der Waals surface area (Å²) in [7, 11) is 0. The maximum absolute atomic E-state index is 11.4. The van der Waals surface area contributed by atoms with Gasteiger partial charge in [0.25, 0.3) is 0 Å². The molecule has 0 saturated heterocycles. The van der Waals surface area contributed by atoms with Crippen molar-refractivity contribution in [3.8, 4) is 5.75 Å². The Morgan fingerprint density at radius 1 is 1.27 bits per heavy atom. The van der Waals surface area contributed by atoms with Crippen molar-refractivity contribution >= 4 is 28.7 Å². The van der Waals surface area contributed by atoms with E-state index in [2.05, 4.69) is 10.3 Å². The number of hydrogen-bond donors (Lipinski definition) is 1. The number of benzene rings is 1. The van der Waals surface area contributed by atoms with Gasteiger partial charge < -0.3 is 10.1 Å². The van der Waals surface area contributed by atoms with Crippen LogP contribution in [0.5, 0.6) is 5.75 Å². The van der Waals surface area contributed by atoms with Gasteiger partial charge in [0.15, 0.2) is 5.78 Å². The molecule has 1 amide bonds. The normalized spacial score (nSPS) is 10.4. The number of aromatic nitrogens is 1. The molecule has 1 aromatic heterocycles.